The number of methoxy groups -OCH3 is 2. The third-order valence-electron chi connectivity index (χ3n) is 2.02. The van der Waals surface area contributed by atoms with Crippen LogP contribution in [0.1, 0.15) is 10.4 Å². The van der Waals surface area contributed by atoms with E-state index >= 15 is 0 Å². The molecule has 0 saturated carbocycles. The Kier molecular flexibility index (Phi) is 3.38. The summed E-state index contributed by atoms with van der Waals surface area (Å²) in [6.07, 6.45) is 0. The first-order valence-electron chi connectivity index (χ1n) is 4.31. The second-order valence-electron chi connectivity index (χ2n) is 2.81. The summed E-state index contributed by atoms with van der Waals surface area (Å²) in [5, 5.41) is 11.7. The summed E-state index contributed by atoms with van der Waals surface area (Å²) in [5.74, 6) is -0.124. The van der Waals surface area contributed by atoms with Gasteiger partial charge in [-0.1, -0.05) is 0 Å². The summed E-state index contributed by atoms with van der Waals surface area (Å²) < 4.78 is 10.1. The lowest BCUT2D eigenvalue weighted by molar-refractivity contribution is 0.0697. The quantitative estimate of drug-likeness (QED) is 0.788. The average Bonchev–Trinajstić information content (AvgIpc) is 2.26. The minimum atomic E-state index is -1.01. The van der Waals surface area contributed by atoms with Gasteiger partial charge in [0.15, 0.2) is 11.5 Å². The van der Waals surface area contributed by atoms with Crippen LogP contribution < -0.4 is 14.8 Å². The first-order chi connectivity index (χ1) is 7.13. The van der Waals surface area contributed by atoms with E-state index in [1.165, 1.54) is 20.3 Å². The molecular weight excluding hydrogens is 198 g/mol. The van der Waals surface area contributed by atoms with E-state index < -0.39 is 5.97 Å². The van der Waals surface area contributed by atoms with Crippen molar-refractivity contribution in [3.8, 4) is 11.5 Å². The highest BCUT2D eigenvalue weighted by Crippen LogP contribution is 2.32. The van der Waals surface area contributed by atoms with Crippen LogP contribution in [0.2, 0.25) is 0 Å². The molecule has 0 unspecified atom stereocenters. The van der Waals surface area contributed by atoms with Crippen LogP contribution in [0.25, 0.3) is 0 Å². The number of aromatic carboxylic acids is 1. The molecule has 0 heterocycles. The highest BCUT2D eigenvalue weighted by Gasteiger charge is 2.14. The average molecular weight is 211 g/mol. The molecule has 1 aromatic carbocycles. The summed E-state index contributed by atoms with van der Waals surface area (Å²) in [5.41, 5.74) is 0.635. The number of anilines is 1. The van der Waals surface area contributed by atoms with E-state index in [2.05, 4.69) is 5.32 Å². The van der Waals surface area contributed by atoms with Gasteiger partial charge in [0.05, 0.1) is 25.5 Å². The van der Waals surface area contributed by atoms with Crippen molar-refractivity contribution in [1.82, 2.24) is 0 Å². The van der Waals surface area contributed by atoms with Crippen molar-refractivity contribution in [1.29, 1.82) is 0 Å². The first-order valence-corrected chi connectivity index (χ1v) is 4.31. The Balaban J connectivity index is 3.34. The molecule has 1 aromatic rings. The Morgan fingerprint density at radius 1 is 1.27 bits per heavy atom. The largest absolute Gasteiger partial charge is 0.493 e. The van der Waals surface area contributed by atoms with Crippen LogP contribution >= 0.6 is 0 Å². The van der Waals surface area contributed by atoms with Gasteiger partial charge in [-0.3, -0.25) is 0 Å². The maximum Gasteiger partial charge on any atom is 0.337 e. The van der Waals surface area contributed by atoms with E-state index in [9.17, 15) is 4.79 Å². The minimum absolute atomic E-state index is 0.148. The number of benzene rings is 1. The molecule has 0 fully saturated rings. The van der Waals surface area contributed by atoms with Crippen molar-refractivity contribution < 1.29 is 19.4 Å². The molecule has 5 nitrogen and oxygen atoms in total. The third-order valence-corrected chi connectivity index (χ3v) is 2.02. The van der Waals surface area contributed by atoms with Crippen LogP contribution in [-0.4, -0.2) is 32.3 Å². The zero-order chi connectivity index (χ0) is 11.4. The van der Waals surface area contributed by atoms with E-state index in [4.69, 9.17) is 14.6 Å². The monoisotopic (exact) mass is 211 g/mol. The fourth-order valence-electron chi connectivity index (χ4n) is 1.26. The lowest BCUT2D eigenvalue weighted by Crippen LogP contribution is -2.04. The second-order valence-corrected chi connectivity index (χ2v) is 2.81. The number of carboxylic acids is 1. The number of ether oxygens (including phenoxy) is 2. The van der Waals surface area contributed by atoms with E-state index in [0.717, 1.165) is 0 Å². The van der Waals surface area contributed by atoms with Gasteiger partial charge in [-0.15, -0.1) is 0 Å². The summed E-state index contributed by atoms with van der Waals surface area (Å²) >= 11 is 0. The number of hydrogen-bond acceptors (Lipinski definition) is 4. The summed E-state index contributed by atoms with van der Waals surface area (Å²) in [4.78, 5) is 10.9. The molecule has 15 heavy (non-hydrogen) atoms. The zero-order valence-electron chi connectivity index (χ0n) is 8.83. The van der Waals surface area contributed by atoms with Gasteiger partial charge in [-0.05, 0) is 0 Å². The molecule has 0 radical (unpaired) electrons. The number of hydrogen-bond donors (Lipinski definition) is 2. The van der Waals surface area contributed by atoms with Crippen LogP contribution in [0.4, 0.5) is 5.69 Å². The van der Waals surface area contributed by atoms with Gasteiger partial charge in [-0.2, -0.15) is 0 Å². The summed E-state index contributed by atoms with van der Waals surface area (Å²) in [7, 11) is 4.61. The maximum absolute atomic E-state index is 10.9. The molecule has 5 heteroatoms. The molecule has 0 aliphatic carbocycles. The van der Waals surface area contributed by atoms with Crippen LogP contribution in [0.15, 0.2) is 12.1 Å². The zero-order valence-corrected chi connectivity index (χ0v) is 8.83. The topological polar surface area (TPSA) is 67.8 Å². The van der Waals surface area contributed by atoms with Crippen molar-refractivity contribution in [2.75, 3.05) is 26.6 Å². The van der Waals surface area contributed by atoms with Crippen molar-refractivity contribution >= 4 is 11.7 Å². The smallest absolute Gasteiger partial charge is 0.337 e. The molecule has 0 amide bonds. The van der Waals surface area contributed by atoms with Gasteiger partial charge < -0.3 is 19.9 Å². The van der Waals surface area contributed by atoms with Gasteiger partial charge in [0.25, 0.3) is 0 Å². The maximum atomic E-state index is 10.9. The predicted octanol–water partition coefficient (Wildman–Crippen LogP) is 1.44. The lowest BCUT2D eigenvalue weighted by Gasteiger charge is -2.12. The van der Waals surface area contributed by atoms with Gasteiger partial charge in [0.1, 0.15) is 0 Å². The van der Waals surface area contributed by atoms with Crippen LogP contribution in [0.3, 0.4) is 0 Å². The number of rotatable bonds is 4. The minimum Gasteiger partial charge on any atom is -0.493 e. The second kappa shape index (κ2) is 4.54. The molecular formula is C10H13NO4. The van der Waals surface area contributed by atoms with Crippen molar-refractivity contribution in [3.63, 3.8) is 0 Å². The SMILES string of the molecule is CNc1cc(OC)c(OC)cc1C(=O)O. The van der Waals surface area contributed by atoms with Crippen molar-refractivity contribution in [2.45, 2.75) is 0 Å². The van der Waals surface area contributed by atoms with Gasteiger partial charge in [0, 0.05) is 19.2 Å². The molecule has 0 bridgehead atoms. The van der Waals surface area contributed by atoms with E-state index in [0.29, 0.717) is 17.2 Å². The van der Waals surface area contributed by atoms with Gasteiger partial charge in [0.2, 0.25) is 0 Å². The normalized spacial score (nSPS) is 9.53. The molecule has 0 aliphatic heterocycles. The standard InChI is InChI=1S/C10H13NO4/c1-11-7-5-9(15-3)8(14-2)4-6(7)10(12)13/h4-5,11H,1-3H3,(H,12,13). The van der Waals surface area contributed by atoms with Crippen molar-refractivity contribution in [3.05, 3.63) is 17.7 Å². The van der Waals surface area contributed by atoms with Crippen LogP contribution in [0, 0.1) is 0 Å². The van der Waals surface area contributed by atoms with Gasteiger partial charge >= 0.3 is 5.97 Å². The Labute approximate surface area is 87.6 Å². The molecule has 82 valence electrons. The number of carbonyl (C=O) groups is 1. The Morgan fingerprint density at radius 2 is 1.80 bits per heavy atom. The fraction of sp³-hybridized carbons (Fsp3) is 0.300. The number of carboxylic acid groups (broad SMARTS) is 1. The highest BCUT2D eigenvalue weighted by atomic mass is 16.5. The fourth-order valence-corrected chi connectivity index (χ4v) is 1.26. The van der Waals surface area contributed by atoms with Crippen molar-refractivity contribution in [2.24, 2.45) is 0 Å². The highest BCUT2D eigenvalue weighted by molar-refractivity contribution is 5.95. The first kappa shape index (κ1) is 11.2. The molecule has 0 atom stereocenters. The Morgan fingerprint density at radius 3 is 2.20 bits per heavy atom. The summed E-state index contributed by atoms with van der Waals surface area (Å²) in [6.45, 7) is 0. The molecule has 0 saturated heterocycles. The lowest BCUT2D eigenvalue weighted by atomic mass is 10.1. The third kappa shape index (κ3) is 2.12. The van der Waals surface area contributed by atoms with Crippen LogP contribution in [0.5, 0.6) is 11.5 Å². The van der Waals surface area contributed by atoms with E-state index in [1.54, 1.807) is 13.1 Å². The predicted molar refractivity (Wildman–Crippen MR) is 56.1 cm³/mol. The molecule has 0 aromatic heterocycles. The van der Waals surface area contributed by atoms with E-state index in [-0.39, 0.29) is 5.56 Å². The van der Waals surface area contributed by atoms with E-state index in [1.807, 2.05) is 0 Å². The molecule has 2 N–H and O–H groups in total. The Bertz CT molecular complexity index is 376. The molecule has 1 rings (SSSR count). The summed E-state index contributed by atoms with van der Waals surface area (Å²) in [6, 6.07) is 3.01. The Hall–Kier alpha value is -1.91. The number of nitrogens with one attached hydrogen (secondary N) is 1. The van der Waals surface area contributed by atoms with Gasteiger partial charge in [-0.25, -0.2) is 4.79 Å². The molecule has 0 spiro atoms. The molecule has 0 aliphatic rings. The van der Waals surface area contributed by atoms with Crippen LogP contribution in [-0.2, 0) is 0 Å².